The summed E-state index contributed by atoms with van der Waals surface area (Å²) >= 11 is 0. The molecule has 1 heterocycles. The van der Waals surface area contributed by atoms with Crippen LogP contribution in [0.4, 0.5) is 20.7 Å². The number of aromatic nitrogens is 3. The van der Waals surface area contributed by atoms with E-state index in [1.54, 1.807) is 7.05 Å². The average molecular weight is 295 g/mol. The first kappa shape index (κ1) is 14.9. The van der Waals surface area contributed by atoms with E-state index in [2.05, 4.69) is 25.6 Å². The van der Waals surface area contributed by atoms with Gasteiger partial charge in [0.05, 0.1) is 6.61 Å². The lowest BCUT2D eigenvalue weighted by Crippen LogP contribution is -2.10. The number of hydrogen-bond donors (Lipinski definition) is 2. The predicted octanol–water partition coefficient (Wildman–Crippen LogP) is 2.20. The van der Waals surface area contributed by atoms with Crippen LogP contribution in [0.15, 0.2) is 18.2 Å². The maximum atomic E-state index is 13.5. The molecule has 0 amide bonds. The van der Waals surface area contributed by atoms with Gasteiger partial charge in [-0.1, -0.05) is 6.07 Å². The molecule has 1 aromatic carbocycles. The average Bonchev–Trinajstić information content (AvgIpc) is 2.46. The van der Waals surface area contributed by atoms with Gasteiger partial charge in [0.15, 0.2) is 0 Å². The van der Waals surface area contributed by atoms with Crippen LogP contribution in [-0.4, -0.2) is 28.6 Å². The topological polar surface area (TPSA) is 72.0 Å². The largest absolute Gasteiger partial charge is 0.464 e. The Labute approximate surface area is 120 Å². The summed E-state index contributed by atoms with van der Waals surface area (Å²) in [6.07, 6.45) is 0. The maximum absolute atomic E-state index is 13.5. The number of nitrogens with one attached hydrogen (secondary N) is 2. The molecule has 0 aliphatic carbocycles. The Morgan fingerprint density at radius 3 is 2.57 bits per heavy atom. The molecule has 0 aliphatic heterocycles. The summed E-state index contributed by atoms with van der Waals surface area (Å²) in [5.74, 6) is -0.681. The lowest BCUT2D eigenvalue weighted by atomic mass is 10.2. The highest BCUT2D eigenvalue weighted by Crippen LogP contribution is 2.14. The molecule has 0 fully saturated rings. The molecule has 0 unspecified atom stereocenters. The molecule has 6 nitrogen and oxygen atoms in total. The van der Waals surface area contributed by atoms with Crippen molar-refractivity contribution in [3.63, 3.8) is 0 Å². The molecule has 0 saturated carbocycles. The van der Waals surface area contributed by atoms with Gasteiger partial charge in [-0.25, -0.2) is 8.78 Å². The zero-order valence-electron chi connectivity index (χ0n) is 11.7. The number of benzene rings is 1. The van der Waals surface area contributed by atoms with E-state index in [4.69, 9.17) is 4.74 Å². The lowest BCUT2D eigenvalue weighted by Gasteiger charge is -2.09. The summed E-state index contributed by atoms with van der Waals surface area (Å²) in [7, 11) is 1.66. The van der Waals surface area contributed by atoms with Crippen molar-refractivity contribution >= 4 is 11.9 Å². The minimum Gasteiger partial charge on any atom is -0.464 e. The molecule has 112 valence electrons. The van der Waals surface area contributed by atoms with Gasteiger partial charge in [-0.3, -0.25) is 0 Å². The molecule has 0 radical (unpaired) electrons. The van der Waals surface area contributed by atoms with E-state index in [0.29, 0.717) is 18.1 Å². The molecule has 0 bridgehead atoms. The van der Waals surface area contributed by atoms with Crippen LogP contribution in [0.25, 0.3) is 0 Å². The van der Waals surface area contributed by atoms with Crippen molar-refractivity contribution in [3.8, 4) is 6.01 Å². The van der Waals surface area contributed by atoms with Crippen molar-refractivity contribution in [2.75, 3.05) is 24.3 Å². The SMILES string of the molecule is CCOc1nc(NC)nc(NCc2ccc(F)cc2F)n1. The van der Waals surface area contributed by atoms with Crippen molar-refractivity contribution in [1.29, 1.82) is 0 Å². The van der Waals surface area contributed by atoms with Crippen LogP contribution in [-0.2, 0) is 6.54 Å². The Bertz CT molecular complexity index is 624. The van der Waals surface area contributed by atoms with E-state index in [9.17, 15) is 8.78 Å². The van der Waals surface area contributed by atoms with Crippen LogP contribution < -0.4 is 15.4 Å². The summed E-state index contributed by atoms with van der Waals surface area (Å²) in [6.45, 7) is 2.34. The van der Waals surface area contributed by atoms with Gasteiger partial charge in [0, 0.05) is 25.2 Å². The summed E-state index contributed by atoms with van der Waals surface area (Å²) < 4.78 is 31.6. The third kappa shape index (κ3) is 3.98. The van der Waals surface area contributed by atoms with Crippen LogP contribution in [0.5, 0.6) is 6.01 Å². The van der Waals surface area contributed by atoms with Gasteiger partial charge in [0.1, 0.15) is 11.6 Å². The molecule has 0 saturated heterocycles. The van der Waals surface area contributed by atoms with Crippen molar-refractivity contribution in [3.05, 3.63) is 35.4 Å². The Kier molecular flexibility index (Phi) is 4.81. The first-order chi connectivity index (χ1) is 10.1. The first-order valence-corrected chi connectivity index (χ1v) is 6.36. The number of anilines is 2. The van der Waals surface area contributed by atoms with Gasteiger partial charge in [0.2, 0.25) is 11.9 Å². The third-order valence-electron chi connectivity index (χ3n) is 2.56. The maximum Gasteiger partial charge on any atom is 0.323 e. The molecule has 0 aliphatic rings. The Morgan fingerprint density at radius 2 is 1.90 bits per heavy atom. The molecular formula is C13H15F2N5O. The van der Waals surface area contributed by atoms with Gasteiger partial charge in [0.25, 0.3) is 0 Å². The number of hydrogen-bond acceptors (Lipinski definition) is 6. The summed E-state index contributed by atoms with van der Waals surface area (Å²) in [4.78, 5) is 12.1. The second-order valence-corrected chi connectivity index (χ2v) is 4.04. The van der Waals surface area contributed by atoms with Crippen molar-refractivity contribution in [1.82, 2.24) is 15.0 Å². The van der Waals surface area contributed by atoms with Crippen LogP contribution in [0, 0.1) is 11.6 Å². The second-order valence-electron chi connectivity index (χ2n) is 4.04. The van der Waals surface area contributed by atoms with E-state index >= 15 is 0 Å². The minimum atomic E-state index is -0.629. The van der Waals surface area contributed by atoms with Crippen molar-refractivity contribution in [2.45, 2.75) is 13.5 Å². The molecule has 0 atom stereocenters. The van der Waals surface area contributed by atoms with Crippen LogP contribution in [0.3, 0.4) is 0 Å². The fourth-order valence-electron chi connectivity index (χ4n) is 1.58. The van der Waals surface area contributed by atoms with Gasteiger partial charge in [-0.05, 0) is 13.0 Å². The molecule has 21 heavy (non-hydrogen) atoms. The van der Waals surface area contributed by atoms with Gasteiger partial charge in [-0.2, -0.15) is 15.0 Å². The fourth-order valence-corrected chi connectivity index (χ4v) is 1.58. The Balaban J connectivity index is 2.13. The lowest BCUT2D eigenvalue weighted by molar-refractivity contribution is 0.312. The van der Waals surface area contributed by atoms with E-state index < -0.39 is 11.6 Å². The molecule has 2 aromatic rings. The van der Waals surface area contributed by atoms with Gasteiger partial charge in [-0.15, -0.1) is 0 Å². The highest BCUT2D eigenvalue weighted by Gasteiger charge is 2.08. The molecule has 0 spiro atoms. The van der Waals surface area contributed by atoms with Gasteiger partial charge >= 0.3 is 6.01 Å². The van der Waals surface area contributed by atoms with Crippen LogP contribution >= 0.6 is 0 Å². The summed E-state index contributed by atoms with van der Waals surface area (Å²) in [5, 5.41) is 5.63. The first-order valence-electron chi connectivity index (χ1n) is 6.36. The highest BCUT2D eigenvalue weighted by atomic mass is 19.1. The number of nitrogens with zero attached hydrogens (tertiary/aromatic N) is 3. The molecule has 1 aromatic heterocycles. The molecule has 2 N–H and O–H groups in total. The molecule has 2 rings (SSSR count). The van der Waals surface area contributed by atoms with E-state index in [-0.39, 0.29) is 18.5 Å². The summed E-state index contributed by atoms with van der Waals surface area (Å²) in [6, 6.07) is 3.55. The standard InChI is InChI=1S/C13H15F2N5O/c1-3-21-13-19-11(16-2)18-12(20-13)17-7-8-4-5-9(14)6-10(8)15/h4-6H,3,7H2,1-2H3,(H2,16,17,18,19,20). The smallest absolute Gasteiger partial charge is 0.323 e. The zero-order valence-corrected chi connectivity index (χ0v) is 11.7. The Morgan fingerprint density at radius 1 is 1.14 bits per heavy atom. The predicted molar refractivity (Wildman–Crippen MR) is 74.2 cm³/mol. The van der Waals surface area contributed by atoms with E-state index in [1.807, 2.05) is 6.92 Å². The van der Waals surface area contributed by atoms with Gasteiger partial charge < -0.3 is 15.4 Å². The highest BCUT2D eigenvalue weighted by molar-refractivity contribution is 5.36. The zero-order chi connectivity index (χ0) is 15.2. The monoisotopic (exact) mass is 295 g/mol. The summed E-state index contributed by atoms with van der Waals surface area (Å²) in [5.41, 5.74) is 0.306. The minimum absolute atomic E-state index is 0.116. The number of rotatable bonds is 6. The Hall–Kier alpha value is -2.51. The normalized spacial score (nSPS) is 10.3. The van der Waals surface area contributed by atoms with Crippen molar-refractivity contribution in [2.24, 2.45) is 0 Å². The quantitative estimate of drug-likeness (QED) is 0.851. The van der Waals surface area contributed by atoms with E-state index in [0.717, 1.165) is 6.07 Å². The van der Waals surface area contributed by atoms with Crippen LogP contribution in [0.1, 0.15) is 12.5 Å². The number of ether oxygens (including phenoxy) is 1. The second kappa shape index (κ2) is 6.78. The molecule has 8 heteroatoms. The molecular weight excluding hydrogens is 280 g/mol. The van der Waals surface area contributed by atoms with E-state index in [1.165, 1.54) is 12.1 Å². The van der Waals surface area contributed by atoms with Crippen LogP contribution in [0.2, 0.25) is 0 Å². The fraction of sp³-hybridized carbons (Fsp3) is 0.308. The number of halogens is 2. The van der Waals surface area contributed by atoms with Crippen molar-refractivity contribution < 1.29 is 13.5 Å². The third-order valence-corrected chi connectivity index (χ3v) is 2.56.